The summed E-state index contributed by atoms with van der Waals surface area (Å²) in [4.78, 5) is 1.46. The van der Waals surface area contributed by atoms with E-state index in [-0.39, 0.29) is 24.2 Å². The molecule has 0 spiro atoms. The highest BCUT2D eigenvalue weighted by Gasteiger charge is 2.48. The quantitative estimate of drug-likeness (QED) is 0.851. The minimum Gasteiger partial charge on any atom is -0.504 e. The number of phenols is 1. The molecular formula is C22H26NO5+. The van der Waals surface area contributed by atoms with Gasteiger partial charge >= 0.3 is 0 Å². The van der Waals surface area contributed by atoms with Crippen LogP contribution in [0.25, 0.3) is 0 Å². The van der Waals surface area contributed by atoms with Crippen LogP contribution in [0.5, 0.6) is 28.7 Å². The maximum atomic E-state index is 10.9. The van der Waals surface area contributed by atoms with Crippen molar-refractivity contribution in [2.45, 2.75) is 37.8 Å². The summed E-state index contributed by atoms with van der Waals surface area (Å²) < 4.78 is 23.1. The third kappa shape index (κ3) is 2.66. The smallest absolute Gasteiger partial charge is 0.239 e. The monoisotopic (exact) mass is 384 g/mol. The maximum absolute atomic E-state index is 10.9. The Kier molecular flexibility index (Phi) is 4.05. The summed E-state index contributed by atoms with van der Waals surface area (Å²) in [6.07, 6.45) is 3.21. The third-order valence-corrected chi connectivity index (χ3v) is 6.39. The maximum Gasteiger partial charge on any atom is 0.239 e. The summed E-state index contributed by atoms with van der Waals surface area (Å²) >= 11 is 0. The van der Waals surface area contributed by atoms with E-state index in [1.54, 1.807) is 13.2 Å². The Morgan fingerprint density at radius 3 is 2.57 bits per heavy atom. The second-order valence-corrected chi connectivity index (χ2v) is 8.04. The van der Waals surface area contributed by atoms with Gasteiger partial charge < -0.3 is 24.1 Å². The molecule has 148 valence electrons. The zero-order valence-electron chi connectivity index (χ0n) is 16.3. The highest BCUT2D eigenvalue weighted by molar-refractivity contribution is 5.58. The molecule has 0 bridgehead atoms. The van der Waals surface area contributed by atoms with Gasteiger partial charge in [0.1, 0.15) is 5.75 Å². The first kappa shape index (κ1) is 17.5. The molecule has 2 atom stereocenters. The normalized spacial score (nSPS) is 26.0. The van der Waals surface area contributed by atoms with Crippen molar-refractivity contribution >= 4 is 0 Å². The Hall–Kier alpha value is -2.60. The summed E-state index contributed by atoms with van der Waals surface area (Å²) in [6.45, 7) is 4.62. The van der Waals surface area contributed by atoms with Crippen LogP contribution in [0.2, 0.25) is 0 Å². The Morgan fingerprint density at radius 2 is 1.82 bits per heavy atom. The van der Waals surface area contributed by atoms with Gasteiger partial charge in [0, 0.05) is 42.9 Å². The summed E-state index contributed by atoms with van der Waals surface area (Å²) in [5.41, 5.74) is 1.51. The molecule has 2 aromatic rings. The molecule has 28 heavy (non-hydrogen) atoms. The van der Waals surface area contributed by atoms with Gasteiger partial charge in [-0.2, -0.15) is 0 Å². The van der Waals surface area contributed by atoms with Crippen molar-refractivity contribution in [2.75, 3.05) is 27.0 Å². The van der Waals surface area contributed by atoms with Crippen LogP contribution in [0.1, 0.15) is 43.2 Å². The molecule has 1 fully saturated rings. The number of ether oxygens (including phenoxy) is 4. The minimum absolute atomic E-state index is 0.0218. The SMILES string of the molecule is COc1cccc([C@@H]2C[C@](C)([NH+]3CCCC3)Oc3cc4c(cc32)OCO4)c1O. The first-order valence-corrected chi connectivity index (χ1v) is 9.92. The van der Waals surface area contributed by atoms with Crippen molar-refractivity contribution in [1.29, 1.82) is 0 Å². The van der Waals surface area contributed by atoms with Gasteiger partial charge in [-0.25, -0.2) is 0 Å². The summed E-state index contributed by atoms with van der Waals surface area (Å²) in [7, 11) is 1.58. The van der Waals surface area contributed by atoms with Gasteiger partial charge in [0.05, 0.1) is 26.6 Å². The van der Waals surface area contributed by atoms with E-state index in [1.165, 1.54) is 17.7 Å². The summed E-state index contributed by atoms with van der Waals surface area (Å²) in [6, 6.07) is 9.62. The van der Waals surface area contributed by atoms with Crippen LogP contribution in [0, 0.1) is 0 Å². The number of para-hydroxylation sites is 1. The van der Waals surface area contributed by atoms with E-state index in [0.717, 1.165) is 42.1 Å². The van der Waals surface area contributed by atoms with Crippen LogP contribution in [-0.4, -0.2) is 37.8 Å². The second-order valence-electron chi connectivity index (χ2n) is 8.04. The van der Waals surface area contributed by atoms with E-state index >= 15 is 0 Å². The predicted molar refractivity (Wildman–Crippen MR) is 103 cm³/mol. The van der Waals surface area contributed by atoms with Crippen molar-refractivity contribution in [3.63, 3.8) is 0 Å². The fourth-order valence-corrected chi connectivity index (χ4v) is 4.89. The second kappa shape index (κ2) is 6.48. The molecule has 0 unspecified atom stereocenters. The fraction of sp³-hybridized carbons (Fsp3) is 0.455. The van der Waals surface area contributed by atoms with Crippen molar-refractivity contribution in [1.82, 2.24) is 0 Å². The summed E-state index contributed by atoms with van der Waals surface area (Å²) in [5.74, 6) is 2.91. The molecule has 2 aromatic carbocycles. The Morgan fingerprint density at radius 1 is 1.07 bits per heavy atom. The van der Waals surface area contributed by atoms with Gasteiger partial charge in [-0.1, -0.05) is 12.1 Å². The van der Waals surface area contributed by atoms with E-state index in [2.05, 4.69) is 6.92 Å². The zero-order chi connectivity index (χ0) is 19.3. The minimum atomic E-state index is -0.364. The van der Waals surface area contributed by atoms with E-state index in [1.807, 2.05) is 24.3 Å². The van der Waals surface area contributed by atoms with Gasteiger partial charge in [-0.05, 0) is 12.1 Å². The first-order valence-electron chi connectivity index (χ1n) is 9.92. The van der Waals surface area contributed by atoms with Crippen LogP contribution >= 0.6 is 0 Å². The Balaban J connectivity index is 1.65. The van der Waals surface area contributed by atoms with Crippen LogP contribution in [0.4, 0.5) is 0 Å². The lowest BCUT2D eigenvalue weighted by Gasteiger charge is -2.42. The lowest BCUT2D eigenvalue weighted by Crippen LogP contribution is -3.19. The van der Waals surface area contributed by atoms with Crippen molar-refractivity contribution in [3.05, 3.63) is 41.5 Å². The Labute approximate surface area is 164 Å². The average Bonchev–Trinajstić information content (AvgIpc) is 3.38. The molecule has 1 saturated heterocycles. The number of likely N-dealkylation sites (tertiary alicyclic amines) is 1. The van der Waals surface area contributed by atoms with Gasteiger partial charge in [0.25, 0.3) is 0 Å². The number of aromatic hydroxyl groups is 1. The topological polar surface area (TPSA) is 61.6 Å². The molecule has 0 aromatic heterocycles. The number of phenolic OH excluding ortho intramolecular Hbond substituents is 1. The number of fused-ring (bicyclic) bond motifs is 2. The number of nitrogens with one attached hydrogen (secondary N) is 1. The molecule has 3 aliphatic heterocycles. The van der Waals surface area contributed by atoms with E-state index in [0.29, 0.717) is 11.5 Å². The molecule has 6 nitrogen and oxygen atoms in total. The van der Waals surface area contributed by atoms with Crippen molar-refractivity contribution in [2.24, 2.45) is 0 Å². The van der Waals surface area contributed by atoms with Gasteiger partial charge in [-0.15, -0.1) is 0 Å². The number of methoxy groups -OCH3 is 1. The van der Waals surface area contributed by atoms with E-state index < -0.39 is 0 Å². The van der Waals surface area contributed by atoms with Gasteiger partial charge in [0.2, 0.25) is 12.5 Å². The average molecular weight is 384 g/mol. The molecule has 0 saturated carbocycles. The molecule has 0 radical (unpaired) electrons. The van der Waals surface area contributed by atoms with Crippen LogP contribution in [-0.2, 0) is 0 Å². The van der Waals surface area contributed by atoms with E-state index in [4.69, 9.17) is 18.9 Å². The van der Waals surface area contributed by atoms with Crippen molar-refractivity contribution in [3.8, 4) is 28.7 Å². The first-order chi connectivity index (χ1) is 13.6. The molecule has 3 aliphatic rings. The molecular weight excluding hydrogens is 358 g/mol. The number of hydrogen-bond acceptors (Lipinski definition) is 5. The number of hydrogen-bond donors (Lipinski definition) is 2. The van der Waals surface area contributed by atoms with Gasteiger partial charge in [0.15, 0.2) is 23.0 Å². The van der Waals surface area contributed by atoms with E-state index in [9.17, 15) is 5.11 Å². The lowest BCUT2D eigenvalue weighted by molar-refractivity contribution is -0.962. The molecule has 2 N–H and O–H groups in total. The largest absolute Gasteiger partial charge is 0.504 e. The van der Waals surface area contributed by atoms with Crippen LogP contribution in [0.3, 0.4) is 0 Å². The molecule has 0 aliphatic carbocycles. The van der Waals surface area contributed by atoms with Crippen LogP contribution < -0.4 is 23.8 Å². The predicted octanol–water partition coefficient (Wildman–Crippen LogP) is 2.44. The molecule has 6 heteroatoms. The molecule has 3 heterocycles. The molecule has 0 amide bonds. The highest BCUT2D eigenvalue weighted by Crippen LogP contribution is 2.50. The lowest BCUT2D eigenvalue weighted by atomic mass is 9.81. The number of quaternary nitrogens is 1. The standard InChI is InChI=1S/C22H25NO5/c1-22(23-8-3-4-9-23)12-16(14-6-5-7-17(25-2)21(14)24)15-10-19-20(27-13-26-19)11-18(15)28-22/h5-7,10-11,16,24H,3-4,8-9,12-13H2,1-2H3/p+1/t16-,22+/m0/s1. The highest BCUT2D eigenvalue weighted by atomic mass is 16.7. The third-order valence-electron chi connectivity index (χ3n) is 6.39. The summed E-state index contributed by atoms with van der Waals surface area (Å²) in [5, 5.41) is 10.9. The van der Waals surface area contributed by atoms with Crippen LogP contribution in [0.15, 0.2) is 30.3 Å². The number of rotatable bonds is 3. The molecule has 5 rings (SSSR count). The number of benzene rings is 2. The Bertz CT molecular complexity index is 908. The zero-order valence-corrected chi connectivity index (χ0v) is 16.3. The van der Waals surface area contributed by atoms with Gasteiger partial charge in [-0.3, -0.25) is 4.90 Å². The fourth-order valence-electron chi connectivity index (χ4n) is 4.89. The van der Waals surface area contributed by atoms with Crippen molar-refractivity contribution < 1.29 is 29.0 Å².